The van der Waals surface area contributed by atoms with Gasteiger partial charge < -0.3 is 4.90 Å². The summed E-state index contributed by atoms with van der Waals surface area (Å²) < 4.78 is 0. The van der Waals surface area contributed by atoms with Gasteiger partial charge in [0.25, 0.3) is 0 Å². The van der Waals surface area contributed by atoms with E-state index in [9.17, 15) is 4.79 Å². The molecule has 0 saturated carbocycles. The summed E-state index contributed by atoms with van der Waals surface area (Å²) in [5.74, 6) is 0.896. The number of hydrogen-bond acceptors (Lipinski definition) is 1. The zero-order chi connectivity index (χ0) is 8.27. The largest absolute Gasteiger partial charge is 0.342 e. The number of carbonyl (C=O) groups excluding carboxylic acids is 1. The molecule has 1 saturated heterocycles. The van der Waals surface area contributed by atoms with E-state index in [-0.39, 0.29) is 0 Å². The van der Waals surface area contributed by atoms with Crippen molar-refractivity contribution in [3.05, 3.63) is 6.92 Å². The topological polar surface area (TPSA) is 20.3 Å². The summed E-state index contributed by atoms with van der Waals surface area (Å²) in [6, 6.07) is 0. The van der Waals surface area contributed by atoms with E-state index < -0.39 is 0 Å². The molecule has 0 spiro atoms. The van der Waals surface area contributed by atoms with E-state index in [2.05, 4.69) is 13.8 Å². The Morgan fingerprint density at radius 2 is 2.45 bits per heavy atom. The van der Waals surface area contributed by atoms with Crippen molar-refractivity contribution in [1.82, 2.24) is 4.90 Å². The molecule has 1 aliphatic heterocycles. The first-order valence-electron chi connectivity index (χ1n) is 4.35. The van der Waals surface area contributed by atoms with Crippen LogP contribution in [-0.2, 0) is 4.79 Å². The third kappa shape index (κ3) is 1.95. The van der Waals surface area contributed by atoms with Crippen molar-refractivity contribution in [3.8, 4) is 0 Å². The van der Waals surface area contributed by atoms with E-state index in [1.165, 1.54) is 12.8 Å². The highest BCUT2D eigenvalue weighted by molar-refractivity contribution is 5.78. The Labute approximate surface area is 68.6 Å². The van der Waals surface area contributed by atoms with Gasteiger partial charge in [0.15, 0.2) is 0 Å². The lowest BCUT2D eigenvalue weighted by atomic mass is 10.0. The molecule has 0 aromatic rings. The molecule has 1 amide bonds. The second kappa shape index (κ2) is 3.74. The van der Waals surface area contributed by atoms with Crippen molar-refractivity contribution < 1.29 is 4.79 Å². The highest BCUT2D eigenvalue weighted by Crippen LogP contribution is 2.21. The van der Waals surface area contributed by atoms with E-state index in [0.29, 0.717) is 18.4 Å². The first kappa shape index (κ1) is 8.57. The summed E-state index contributed by atoms with van der Waals surface area (Å²) in [6.07, 6.45) is 3.12. The van der Waals surface area contributed by atoms with Crippen LogP contribution in [0.2, 0.25) is 0 Å². The van der Waals surface area contributed by atoms with Crippen molar-refractivity contribution in [2.75, 3.05) is 13.1 Å². The molecule has 1 aliphatic rings. The Kier molecular flexibility index (Phi) is 2.92. The van der Waals surface area contributed by atoms with Gasteiger partial charge in [0.2, 0.25) is 5.91 Å². The zero-order valence-corrected chi connectivity index (χ0v) is 7.18. The molecule has 0 aromatic carbocycles. The van der Waals surface area contributed by atoms with Gasteiger partial charge in [-0.2, -0.15) is 0 Å². The monoisotopic (exact) mass is 154 g/mol. The number of likely N-dealkylation sites (tertiary alicyclic amines) is 1. The number of nitrogens with zero attached hydrogens (tertiary/aromatic N) is 1. The minimum absolute atomic E-state index is 0.290. The third-order valence-electron chi connectivity index (χ3n) is 2.26. The second-order valence-electron chi connectivity index (χ2n) is 3.20. The Morgan fingerprint density at radius 3 is 2.91 bits per heavy atom. The Balaban J connectivity index is 2.36. The van der Waals surface area contributed by atoms with Crippen LogP contribution in [0.4, 0.5) is 0 Å². The summed E-state index contributed by atoms with van der Waals surface area (Å²) >= 11 is 0. The van der Waals surface area contributed by atoms with E-state index in [4.69, 9.17) is 0 Å². The molecule has 1 atom stereocenters. The van der Waals surface area contributed by atoms with Crippen LogP contribution in [0.15, 0.2) is 0 Å². The summed E-state index contributed by atoms with van der Waals surface area (Å²) in [5, 5.41) is 0. The van der Waals surface area contributed by atoms with E-state index in [0.717, 1.165) is 13.0 Å². The standard InChI is InChI=1S/C9H16NO/c1-3-5-8-6-9(11)10(4-2)7-8/h8H,2-7H2,1H3. The van der Waals surface area contributed by atoms with Crippen molar-refractivity contribution >= 4 is 5.91 Å². The average molecular weight is 154 g/mol. The normalized spacial score (nSPS) is 24.7. The minimum atomic E-state index is 0.290. The van der Waals surface area contributed by atoms with Crippen LogP contribution < -0.4 is 0 Å². The SMILES string of the molecule is [CH2]CN1CC(CCC)CC1=O. The summed E-state index contributed by atoms with van der Waals surface area (Å²) in [7, 11) is 0. The van der Waals surface area contributed by atoms with E-state index >= 15 is 0 Å². The molecule has 0 bridgehead atoms. The molecule has 1 radical (unpaired) electrons. The second-order valence-corrected chi connectivity index (χ2v) is 3.20. The fourth-order valence-electron chi connectivity index (χ4n) is 1.67. The van der Waals surface area contributed by atoms with Crippen LogP contribution in [0, 0.1) is 12.8 Å². The Hall–Kier alpha value is -0.530. The molecule has 2 heteroatoms. The van der Waals surface area contributed by atoms with Crippen LogP contribution >= 0.6 is 0 Å². The number of amides is 1. The van der Waals surface area contributed by atoms with Crippen molar-refractivity contribution in [1.29, 1.82) is 0 Å². The zero-order valence-electron chi connectivity index (χ0n) is 7.18. The fraction of sp³-hybridized carbons (Fsp3) is 0.778. The molecule has 2 nitrogen and oxygen atoms in total. The third-order valence-corrected chi connectivity index (χ3v) is 2.26. The van der Waals surface area contributed by atoms with Gasteiger partial charge in [0.05, 0.1) is 0 Å². The average Bonchev–Trinajstić information content (AvgIpc) is 2.32. The van der Waals surface area contributed by atoms with Gasteiger partial charge in [0.1, 0.15) is 0 Å². The molecule has 1 fully saturated rings. The van der Waals surface area contributed by atoms with Gasteiger partial charge in [0, 0.05) is 19.5 Å². The molecule has 63 valence electrons. The summed E-state index contributed by atoms with van der Waals surface area (Å²) in [4.78, 5) is 13.0. The van der Waals surface area contributed by atoms with Gasteiger partial charge in [-0.05, 0) is 19.3 Å². The van der Waals surface area contributed by atoms with Crippen molar-refractivity contribution in [3.63, 3.8) is 0 Å². The van der Waals surface area contributed by atoms with Gasteiger partial charge in [-0.15, -0.1) is 0 Å². The van der Waals surface area contributed by atoms with Crippen molar-refractivity contribution in [2.45, 2.75) is 26.2 Å². The molecular formula is C9H16NO. The first-order chi connectivity index (χ1) is 5.27. The highest BCUT2D eigenvalue weighted by Gasteiger charge is 2.27. The van der Waals surface area contributed by atoms with Crippen LogP contribution in [-0.4, -0.2) is 23.9 Å². The number of hydrogen-bond donors (Lipinski definition) is 0. The Morgan fingerprint density at radius 1 is 1.73 bits per heavy atom. The molecule has 0 aromatic heterocycles. The van der Waals surface area contributed by atoms with Gasteiger partial charge in [-0.25, -0.2) is 0 Å². The maximum atomic E-state index is 11.2. The fourth-order valence-corrected chi connectivity index (χ4v) is 1.67. The smallest absolute Gasteiger partial charge is 0.222 e. The van der Waals surface area contributed by atoms with E-state index in [1.807, 2.05) is 4.90 Å². The number of rotatable bonds is 3. The minimum Gasteiger partial charge on any atom is -0.342 e. The highest BCUT2D eigenvalue weighted by atomic mass is 16.2. The quantitative estimate of drug-likeness (QED) is 0.602. The van der Waals surface area contributed by atoms with Gasteiger partial charge >= 0.3 is 0 Å². The lowest BCUT2D eigenvalue weighted by molar-refractivity contribution is -0.127. The molecule has 1 unspecified atom stereocenters. The first-order valence-corrected chi connectivity index (χ1v) is 4.35. The van der Waals surface area contributed by atoms with Crippen LogP contribution in [0.5, 0.6) is 0 Å². The van der Waals surface area contributed by atoms with Gasteiger partial charge in [-0.1, -0.05) is 13.3 Å². The predicted octanol–water partition coefficient (Wildman–Crippen LogP) is 1.47. The maximum absolute atomic E-state index is 11.2. The predicted molar refractivity (Wildman–Crippen MR) is 45.0 cm³/mol. The Bertz CT molecular complexity index is 144. The van der Waals surface area contributed by atoms with Crippen LogP contribution in [0.25, 0.3) is 0 Å². The van der Waals surface area contributed by atoms with Crippen molar-refractivity contribution in [2.24, 2.45) is 5.92 Å². The van der Waals surface area contributed by atoms with Crippen LogP contribution in [0.3, 0.4) is 0 Å². The maximum Gasteiger partial charge on any atom is 0.222 e. The lowest BCUT2D eigenvalue weighted by Gasteiger charge is -2.12. The van der Waals surface area contributed by atoms with E-state index in [1.54, 1.807) is 0 Å². The van der Waals surface area contributed by atoms with Crippen LogP contribution in [0.1, 0.15) is 26.2 Å². The van der Waals surface area contributed by atoms with Gasteiger partial charge in [-0.3, -0.25) is 4.79 Å². The number of carbonyl (C=O) groups is 1. The summed E-state index contributed by atoms with van der Waals surface area (Å²) in [5.41, 5.74) is 0. The molecular weight excluding hydrogens is 138 g/mol. The molecule has 0 aliphatic carbocycles. The summed E-state index contributed by atoms with van der Waals surface area (Å²) in [6.45, 7) is 7.46. The molecule has 1 heterocycles. The molecule has 0 N–H and O–H groups in total. The molecule has 11 heavy (non-hydrogen) atoms. The molecule has 1 rings (SSSR count). The lowest BCUT2D eigenvalue weighted by Crippen LogP contribution is -2.24.